The van der Waals surface area contributed by atoms with Gasteiger partial charge in [-0.05, 0) is 42.8 Å². The fraction of sp³-hybridized carbons (Fsp3) is 0.238. The van der Waals surface area contributed by atoms with Crippen molar-refractivity contribution in [2.45, 2.75) is 19.7 Å². The molecule has 3 nitrogen and oxygen atoms in total. The minimum Gasteiger partial charge on any atom is -0.357 e. The third-order valence-corrected chi connectivity index (χ3v) is 4.62. The quantitative estimate of drug-likeness (QED) is 0.700. The fourth-order valence-electron chi connectivity index (χ4n) is 3.23. The molecule has 1 fully saturated rings. The number of hydrogen-bond donors (Lipinski definition) is 0. The van der Waals surface area contributed by atoms with Gasteiger partial charge < -0.3 is 9.30 Å². The largest absolute Gasteiger partial charge is 0.357 e. The maximum absolute atomic E-state index is 13.1. The molecule has 0 bridgehead atoms. The summed E-state index contributed by atoms with van der Waals surface area (Å²) in [5, 5.41) is 0. The van der Waals surface area contributed by atoms with Gasteiger partial charge in [0.25, 0.3) is 0 Å². The normalized spacial score (nSPS) is 17.9. The molecule has 1 aliphatic heterocycles. The molecule has 4 heteroatoms. The molecule has 0 aliphatic carbocycles. The second-order valence-electron chi connectivity index (χ2n) is 6.51. The molecular weight excluding hydrogens is 315 g/mol. The van der Waals surface area contributed by atoms with Crippen molar-refractivity contribution in [3.63, 3.8) is 0 Å². The Morgan fingerprint density at radius 2 is 1.80 bits per heavy atom. The monoisotopic (exact) mass is 336 g/mol. The minimum atomic E-state index is -0.223. The van der Waals surface area contributed by atoms with Crippen molar-refractivity contribution in [2.24, 2.45) is 0 Å². The van der Waals surface area contributed by atoms with Crippen LogP contribution in [0.5, 0.6) is 0 Å². The SMILES string of the molecule is Cc1ccc(CN2CCO[C@@H]2c2ccn(-c3ccc(F)cc3)c2)cc1. The molecule has 0 saturated carbocycles. The third kappa shape index (κ3) is 3.50. The third-order valence-electron chi connectivity index (χ3n) is 4.62. The number of benzene rings is 2. The summed E-state index contributed by atoms with van der Waals surface area (Å²) in [6.45, 7) is 4.62. The number of aromatic nitrogens is 1. The van der Waals surface area contributed by atoms with Crippen LogP contribution in [0.25, 0.3) is 5.69 Å². The predicted octanol–water partition coefficient (Wildman–Crippen LogP) is 4.46. The zero-order chi connectivity index (χ0) is 17.2. The van der Waals surface area contributed by atoms with E-state index in [0.717, 1.165) is 30.9 Å². The van der Waals surface area contributed by atoms with Crippen LogP contribution in [0.1, 0.15) is 22.9 Å². The molecule has 1 aliphatic rings. The highest BCUT2D eigenvalue weighted by Crippen LogP contribution is 2.29. The second kappa shape index (κ2) is 6.82. The molecule has 0 radical (unpaired) electrons. The summed E-state index contributed by atoms with van der Waals surface area (Å²) in [6.07, 6.45) is 4.02. The van der Waals surface area contributed by atoms with Gasteiger partial charge >= 0.3 is 0 Å². The summed E-state index contributed by atoms with van der Waals surface area (Å²) in [6, 6.07) is 17.2. The van der Waals surface area contributed by atoms with Gasteiger partial charge in [0.2, 0.25) is 0 Å². The average Bonchev–Trinajstić information content (AvgIpc) is 3.27. The van der Waals surface area contributed by atoms with Crippen LogP contribution in [-0.2, 0) is 11.3 Å². The molecule has 1 atom stereocenters. The smallest absolute Gasteiger partial charge is 0.138 e. The van der Waals surface area contributed by atoms with E-state index in [4.69, 9.17) is 4.74 Å². The molecule has 0 N–H and O–H groups in total. The highest BCUT2D eigenvalue weighted by atomic mass is 19.1. The maximum Gasteiger partial charge on any atom is 0.138 e. The van der Waals surface area contributed by atoms with E-state index in [2.05, 4.69) is 48.4 Å². The van der Waals surface area contributed by atoms with Crippen molar-refractivity contribution in [1.29, 1.82) is 0 Å². The van der Waals surface area contributed by atoms with Gasteiger partial charge in [0.05, 0.1) is 6.61 Å². The summed E-state index contributed by atoms with van der Waals surface area (Å²) in [5.74, 6) is -0.223. The van der Waals surface area contributed by atoms with Crippen molar-refractivity contribution in [3.05, 3.63) is 89.5 Å². The Hall–Kier alpha value is -2.43. The molecule has 4 rings (SSSR count). The first-order chi connectivity index (χ1) is 12.2. The molecule has 1 aromatic heterocycles. The topological polar surface area (TPSA) is 17.4 Å². The van der Waals surface area contributed by atoms with E-state index in [9.17, 15) is 4.39 Å². The van der Waals surface area contributed by atoms with Gasteiger partial charge in [0.15, 0.2) is 0 Å². The lowest BCUT2D eigenvalue weighted by molar-refractivity contribution is 0.0288. The lowest BCUT2D eigenvalue weighted by Gasteiger charge is -2.22. The highest BCUT2D eigenvalue weighted by Gasteiger charge is 2.27. The second-order valence-corrected chi connectivity index (χ2v) is 6.51. The molecule has 0 unspecified atom stereocenters. The highest BCUT2D eigenvalue weighted by molar-refractivity contribution is 5.34. The summed E-state index contributed by atoms with van der Waals surface area (Å²) < 4.78 is 21.1. The molecular formula is C21H21FN2O. The van der Waals surface area contributed by atoms with E-state index in [1.54, 1.807) is 12.1 Å². The predicted molar refractivity (Wildman–Crippen MR) is 96.0 cm³/mol. The van der Waals surface area contributed by atoms with Gasteiger partial charge in [0, 0.05) is 36.7 Å². The number of halogens is 1. The standard InChI is InChI=1S/C21H21FN2O/c1-16-2-4-17(5-3-16)14-24-12-13-25-21(24)18-10-11-23(15-18)20-8-6-19(22)7-9-20/h2-11,15,21H,12-14H2,1H3/t21-/m1/s1. The first kappa shape index (κ1) is 16.1. The maximum atomic E-state index is 13.1. The van der Waals surface area contributed by atoms with Gasteiger partial charge in [-0.15, -0.1) is 0 Å². The van der Waals surface area contributed by atoms with Gasteiger partial charge in [-0.2, -0.15) is 0 Å². The van der Waals surface area contributed by atoms with E-state index >= 15 is 0 Å². The Balaban J connectivity index is 1.52. The van der Waals surface area contributed by atoms with E-state index in [1.807, 2.05) is 10.8 Å². The van der Waals surface area contributed by atoms with E-state index in [1.165, 1.54) is 23.3 Å². The van der Waals surface area contributed by atoms with Crippen LogP contribution in [-0.4, -0.2) is 22.6 Å². The van der Waals surface area contributed by atoms with Crippen LogP contribution in [0.2, 0.25) is 0 Å². The van der Waals surface area contributed by atoms with Crippen molar-refractivity contribution < 1.29 is 9.13 Å². The minimum absolute atomic E-state index is 0.0389. The number of nitrogens with zero attached hydrogens (tertiary/aromatic N) is 2. The van der Waals surface area contributed by atoms with Crippen molar-refractivity contribution in [2.75, 3.05) is 13.2 Å². The molecule has 0 amide bonds. The lowest BCUT2D eigenvalue weighted by Crippen LogP contribution is -2.23. The molecule has 3 aromatic rings. The van der Waals surface area contributed by atoms with Gasteiger partial charge in [-0.3, -0.25) is 4.90 Å². The van der Waals surface area contributed by atoms with Gasteiger partial charge in [-0.25, -0.2) is 4.39 Å². The van der Waals surface area contributed by atoms with Crippen molar-refractivity contribution in [3.8, 4) is 5.69 Å². The van der Waals surface area contributed by atoms with E-state index in [0.29, 0.717) is 0 Å². The number of hydrogen-bond acceptors (Lipinski definition) is 2. The molecule has 128 valence electrons. The zero-order valence-electron chi connectivity index (χ0n) is 14.2. The molecule has 0 spiro atoms. The molecule has 1 saturated heterocycles. The number of ether oxygens (including phenoxy) is 1. The van der Waals surface area contributed by atoms with E-state index in [-0.39, 0.29) is 12.0 Å². The molecule has 2 aromatic carbocycles. The Kier molecular flexibility index (Phi) is 4.38. The van der Waals surface area contributed by atoms with E-state index < -0.39 is 0 Å². The van der Waals surface area contributed by atoms with Crippen LogP contribution < -0.4 is 0 Å². The first-order valence-corrected chi connectivity index (χ1v) is 8.54. The fourth-order valence-corrected chi connectivity index (χ4v) is 3.23. The van der Waals surface area contributed by atoms with Crippen LogP contribution in [0, 0.1) is 12.7 Å². The first-order valence-electron chi connectivity index (χ1n) is 8.54. The zero-order valence-corrected chi connectivity index (χ0v) is 14.2. The molecule has 2 heterocycles. The van der Waals surface area contributed by atoms with Crippen LogP contribution in [0.15, 0.2) is 67.0 Å². The number of aryl methyl sites for hydroxylation is 1. The van der Waals surface area contributed by atoms with Crippen LogP contribution in [0.3, 0.4) is 0 Å². The Morgan fingerprint density at radius 1 is 1.04 bits per heavy atom. The Morgan fingerprint density at radius 3 is 2.56 bits per heavy atom. The summed E-state index contributed by atoms with van der Waals surface area (Å²) >= 11 is 0. The Bertz CT molecular complexity index is 839. The average molecular weight is 336 g/mol. The molecule has 25 heavy (non-hydrogen) atoms. The van der Waals surface area contributed by atoms with Crippen LogP contribution >= 0.6 is 0 Å². The summed E-state index contributed by atoms with van der Waals surface area (Å²) in [5.41, 5.74) is 4.62. The lowest BCUT2D eigenvalue weighted by atomic mass is 10.1. The summed E-state index contributed by atoms with van der Waals surface area (Å²) in [4.78, 5) is 2.34. The Labute approximate surface area is 147 Å². The van der Waals surface area contributed by atoms with Crippen molar-refractivity contribution in [1.82, 2.24) is 9.47 Å². The summed E-state index contributed by atoms with van der Waals surface area (Å²) in [7, 11) is 0. The van der Waals surface area contributed by atoms with Crippen LogP contribution in [0.4, 0.5) is 4.39 Å². The van der Waals surface area contributed by atoms with Gasteiger partial charge in [0.1, 0.15) is 12.0 Å². The number of rotatable bonds is 4. The van der Waals surface area contributed by atoms with Crippen molar-refractivity contribution >= 4 is 0 Å². The van der Waals surface area contributed by atoms with Gasteiger partial charge in [-0.1, -0.05) is 29.8 Å².